The maximum Gasteiger partial charge on any atom is 0.304 e. The summed E-state index contributed by atoms with van der Waals surface area (Å²) in [6.45, 7) is 5.97. The fourth-order valence-electron chi connectivity index (χ4n) is 2.95. The van der Waals surface area contributed by atoms with Crippen LogP contribution in [-0.4, -0.2) is 42.7 Å². The third-order valence-corrected chi connectivity index (χ3v) is 4.09. The Bertz CT molecular complexity index is 476. The van der Waals surface area contributed by atoms with Crippen molar-refractivity contribution in [1.29, 1.82) is 0 Å². The normalized spacial score (nSPS) is 19.0. The second-order valence-corrected chi connectivity index (χ2v) is 6.24. The van der Waals surface area contributed by atoms with E-state index in [1.807, 2.05) is 7.05 Å². The summed E-state index contributed by atoms with van der Waals surface area (Å²) in [7, 11) is 1.97. The molecule has 1 N–H and O–H groups in total. The lowest BCUT2D eigenvalue weighted by Gasteiger charge is -2.33. The van der Waals surface area contributed by atoms with Gasteiger partial charge in [0.25, 0.3) is 0 Å². The topological polar surface area (TPSA) is 43.8 Å². The first kappa shape index (κ1) is 15.8. The number of hydrogen-bond acceptors (Lipinski definition) is 3. The Morgan fingerprint density at radius 3 is 3.00 bits per heavy atom. The molecule has 0 amide bonds. The van der Waals surface area contributed by atoms with Crippen LogP contribution in [0.1, 0.15) is 31.7 Å². The second-order valence-electron chi connectivity index (χ2n) is 6.24. The number of carbonyl (C=O) groups is 1. The summed E-state index contributed by atoms with van der Waals surface area (Å²) in [6.07, 6.45) is 2.79. The zero-order chi connectivity index (χ0) is 15.2. The number of benzene rings is 1. The third kappa shape index (κ3) is 5.05. The van der Waals surface area contributed by atoms with E-state index in [0.717, 1.165) is 25.6 Å². The number of hydrogen-bond donors (Lipinski definition) is 1. The molecule has 1 aromatic carbocycles. The fourth-order valence-corrected chi connectivity index (χ4v) is 2.95. The van der Waals surface area contributed by atoms with Gasteiger partial charge in [-0.3, -0.25) is 4.79 Å². The van der Waals surface area contributed by atoms with Gasteiger partial charge >= 0.3 is 5.97 Å². The molecule has 1 heterocycles. The molecule has 0 saturated carbocycles. The number of carboxylic acids is 1. The summed E-state index contributed by atoms with van der Waals surface area (Å²) < 4.78 is 0. The largest absolute Gasteiger partial charge is 0.481 e. The summed E-state index contributed by atoms with van der Waals surface area (Å²) in [4.78, 5) is 15.1. The number of anilines is 1. The van der Waals surface area contributed by atoms with Gasteiger partial charge in [-0.25, -0.2) is 0 Å². The first-order valence-corrected chi connectivity index (χ1v) is 7.79. The molecule has 4 heteroatoms. The van der Waals surface area contributed by atoms with Crippen LogP contribution in [0.15, 0.2) is 24.3 Å². The van der Waals surface area contributed by atoms with E-state index < -0.39 is 5.97 Å². The molecule has 1 saturated heterocycles. The molecular weight excluding hydrogens is 264 g/mol. The van der Waals surface area contributed by atoms with E-state index >= 15 is 0 Å². The number of carboxylic acid groups (broad SMARTS) is 1. The molecule has 2 rings (SSSR count). The molecular formula is C17H26N2O2. The Hall–Kier alpha value is -1.55. The monoisotopic (exact) mass is 290 g/mol. The van der Waals surface area contributed by atoms with E-state index in [9.17, 15) is 4.79 Å². The average Bonchev–Trinajstić information content (AvgIpc) is 2.45. The molecule has 0 aliphatic carbocycles. The van der Waals surface area contributed by atoms with Crippen molar-refractivity contribution in [3.8, 4) is 0 Å². The third-order valence-electron chi connectivity index (χ3n) is 4.09. The van der Waals surface area contributed by atoms with Gasteiger partial charge < -0.3 is 14.9 Å². The Kier molecular flexibility index (Phi) is 5.62. The van der Waals surface area contributed by atoms with E-state index in [4.69, 9.17) is 5.11 Å². The summed E-state index contributed by atoms with van der Waals surface area (Å²) in [5.41, 5.74) is 2.55. The number of rotatable bonds is 6. The first-order valence-electron chi connectivity index (χ1n) is 7.79. The van der Waals surface area contributed by atoms with Gasteiger partial charge in [0, 0.05) is 31.9 Å². The van der Waals surface area contributed by atoms with E-state index in [1.165, 1.54) is 24.1 Å². The van der Waals surface area contributed by atoms with Crippen LogP contribution >= 0.6 is 0 Å². The van der Waals surface area contributed by atoms with Gasteiger partial charge in [0.1, 0.15) is 0 Å². The van der Waals surface area contributed by atoms with Gasteiger partial charge in [-0.05, 0) is 43.5 Å². The van der Waals surface area contributed by atoms with Gasteiger partial charge in [-0.15, -0.1) is 0 Å². The highest BCUT2D eigenvalue weighted by molar-refractivity contribution is 5.66. The van der Waals surface area contributed by atoms with Crippen molar-refractivity contribution >= 4 is 11.7 Å². The lowest BCUT2D eigenvalue weighted by Crippen LogP contribution is -2.34. The van der Waals surface area contributed by atoms with E-state index in [0.29, 0.717) is 6.54 Å². The zero-order valence-corrected chi connectivity index (χ0v) is 13.1. The van der Waals surface area contributed by atoms with Crippen LogP contribution in [0, 0.1) is 5.92 Å². The minimum absolute atomic E-state index is 0.194. The van der Waals surface area contributed by atoms with E-state index in [-0.39, 0.29) is 6.42 Å². The predicted octanol–water partition coefficient (Wildman–Crippen LogP) is 2.83. The molecule has 0 spiro atoms. The highest BCUT2D eigenvalue weighted by atomic mass is 16.4. The maximum absolute atomic E-state index is 10.6. The van der Waals surface area contributed by atoms with Crippen LogP contribution in [-0.2, 0) is 11.3 Å². The Morgan fingerprint density at radius 1 is 1.48 bits per heavy atom. The second kappa shape index (κ2) is 7.46. The van der Waals surface area contributed by atoms with Crippen LogP contribution in [0.3, 0.4) is 0 Å². The molecule has 1 aromatic rings. The molecule has 0 bridgehead atoms. The lowest BCUT2D eigenvalue weighted by atomic mass is 9.99. The number of nitrogens with zero attached hydrogens (tertiary/aromatic N) is 2. The Morgan fingerprint density at radius 2 is 2.29 bits per heavy atom. The molecule has 0 radical (unpaired) electrons. The summed E-state index contributed by atoms with van der Waals surface area (Å²) in [6, 6.07) is 8.65. The molecule has 1 aliphatic heterocycles. The molecule has 4 nitrogen and oxygen atoms in total. The molecule has 0 aromatic heterocycles. The Balaban J connectivity index is 1.95. The number of piperidine rings is 1. The van der Waals surface area contributed by atoms with Gasteiger partial charge in [0.2, 0.25) is 0 Å². The van der Waals surface area contributed by atoms with Crippen LogP contribution < -0.4 is 4.90 Å². The van der Waals surface area contributed by atoms with Gasteiger partial charge in [-0.2, -0.15) is 0 Å². The summed E-state index contributed by atoms with van der Waals surface area (Å²) >= 11 is 0. The molecule has 1 fully saturated rings. The molecule has 1 unspecified atom stereocenters. The highest BCUT2D eigenvalue weighted by Gasteiger charge is 2.16. The van der Waals surface area contributed by atoms with Crippen LogP contribution in [0.4, 0.5) is 5.69 Å². The van der Waals surface area contributed by atoms with Crippen molar-refractivity contribution in [2.45, 2.75) is 32.7 Å². The minimum Gasteiger partial charge on any atom is -0.481 e. The van der Waals surface area contributed by atoms with Crippen molar-refractivity contribution < 1.29 is 9.90 Å². The van der Waals surface area contributed by atoms with E-state index in [2.05, 4.69) is 41.0 Å². The number of aliphatic carboxylic acids is 1. The lowest BCUT2D eigenvalue weighted by molar-refractivity contribution is -0.137. The summed E-state index contributed by atoms with van der Waals surface area (Å²) in [5, 5.41) is 8.73. The first-order chi connectivity index (χ1) is 10.0. The van der Waals surface area contributed by atoms with Crippen molar-refractivity contribution in [1.82, 2.24) is 4.90 Å². The van der Waals surface area contributed by atoms with Crippen LogP contribution in [0.25, 0.3) is 0 Å². The highest BCUT2D eigenvalue weighted by Crippen LogP contribution is 2.24. The SMILES string of the molecule is CC1CCCN(c2cccc(CN(C)CCC(=O)O)c2)C1. The van der Waals surface area contributed by atoms with Crippen LogP contribution in [0.2, 0.25) is 0 Å². The minimum atomic E-state index is -0.738. The average molecular weight is 290 g/mol. The molecule has 1 aliphatic rings. The molecule has 1 atom stereocenters. The predicted molar refractivity (Wildman–Crippen MR) is 85.6 cm³/mol. The van der Waals surface area contributed by atoms with E-state index in [1.54, 1.807) is 0 Å². The van der Waals surface area contributed by atoms with Crippen molar-refractivity contribution in [3.05, 3.63) is 29.8 Å². The van der Waals surface area contributed by atoms with Crippen molar-refractivity contribution in [2.24, 2.45) is 5.92 Å². The summed E-state index contributed by atoms with van der Waals surface area (Å²) in [5.74, 6) is 0.0264. The van der Waals surface area contributed by atoms with Gasteiger partial charge in [0.15, 0.2) is 0 Å². The Labute approximate surface area is 127 Å². The quantitative estimate of drug-likeness (QED) is 0.875. The van der Waals surface area contributed by atoms with Gasteiger partial charge in [-0.1, -0.05) is 19.1 Å². The maximum atomic E-state index is 10.6. The van der Waals surface area contributed by atoms with Crippen molar-refractivity contribution in [2.75, 3.05) is 31.6 Å². The zero-order valence-electron chi connectivity index (χ0n) is 13.1. The molecule has 21 heavy (non-hydrogen) atoms. The van der Waals surface area contributed by atoms with Crippen molar-refractivity contribution in [3.63, 3.8) is 0 Å². The molecule has 116 valence electrons. The standard InChI is InChI=1S/C17H26N2O2/c1-14-5-4-9-19(12-14)16-7-3-6-15(11-16)13-18(2)10-8-17(20)21/h3,6-7,11,14H,4-5,8-10,12-13H2,1-2H3,(H,20,21). The van der Waals surface area contributed by atoms with Gasteiger partial charge in [0.05, 0.1) is 6.42 Å². The smallest absolute Gasteiger partial charge is 0.304 e. The van der Waals surface area contributed by atoms with Crippen LogP contribution in [0.5, 0.6) is 0 Å². The fraction of sp³-hybridized carbons (Fsp3) is 0.588.